The summed E-state index contributed by atoms with van der Waals surface area (Å²) in [6.07, 6.45) is 0. The van der Waals surface area contributed by atoms with Gasteiger partial charge in [-0.25, -0.2) is 9.97 Å². The number of carbonyl (C=O) groups is 1. The largest absolute Gasteiger partial charge is 0.493 e. The number of pyridine rings is 1. The third kappa shape index (κ3) is 5.05. The van der Waals surface area contributed by atoms with E-state index in [-0.39, 0.29) is 21.9 Å². The van der Waals surface area contributed by atoms with Gasteiger partial charge in [0, 0.05) is 26.9 Å². The number of amides is 1. The summed E-state index contributed by atoms with van der Waals surface area (Å²) in [5, 5.41) is 16.2. The van der Waals surface area contributed by atoms with Gasteiger partial charge < -0.3 is 25.7 Å². The van der Waals surface area contributed by atoms with Crippen molar-refractivity contribution in [3.63, 3.8) is 0 Å². The van der Waals surface area contributed by atoms with Gasteiger partial charge >= 0.3 is 0 Å². The third-order valence-corrected chi connectivity index (χ3v) is 8.51. The van der Waals surface area contributed by atoms with Gasteiger partial charge in [0.1, 0.15) is 27.2 Å². The van der Waals surface area contributed by atoms with Crippen molar-refractivity contribution < 1.29 is 19.0 Å². The minimum atomic E-state index is -0.499. The fourth-order valence-corrected chi connectivity index (χ4v) is 6.49. The van der Waals surface area contributed by atoms with Crippen molar-refractivity contribution >= 4 is 78.6 Å². The molecule has 0 unspecified atom stereocenters. The van der Waals surface area contributed by atoms with E-state index < -0.39 is 5.91 Å². The van der Waals surface area contributed by atoms with E-state index in [4.69, 9.17) is 48.9 Å². The Bertz CT molecular complexity index is 1860. The maximum atomic E-state index is 13.4. The summed E-state index contributed by atoms with van der Waals surface area (Å²) in [6, 6.07) is 10.5. The van der Waals surface area contributed by atoms with Crippen molar-refractivity contribution in [3.8, 4) is 45.7 Å². The standard InChI is InChI=1S/C27H20Cl2N6O4S2/c1-37-17-6-11(7-18(38-2)22(17)39-3)19-14(9-30)24(32)34-26-20(19)21(31)23(41-26)25(36)35-27-33-16(10-40-27)13-5-4-12(28)8-15(13)29/h4-8,10H,31H2,1-3H3,(H2,32,34)(H,33,35,36). The first-order valence-corrected chi connectivity index (χ1v) is 14.1. The van der Waals surface area contributed by atoms with Crippen LogP contribution in [0.25, 0.3) is 32.6 Å². The highest BCUT2D eigenvalue weighted by atomic mass is 35.5. The van der Waals surface area contributed by atoms with E-state index in [1.165, 1.54) is 32.7 Å². The number of rotatable bonds is 7. The average Bonchev–Trinajstić information content (AvgIpc) is 3.55. The zero-order chi connectivity index (χ0) is 29.4. The number of thiazole rings is 1. The number of hydrogen-bond acceptors (Lipinski definition) is 11. The van der Waals surface area contributed by atoms with Crippen molar-refractivity contribution in [2.45, 2.75) is 0 Å². The Morgan fingerprint density at radius 2 is 1.76 bits per heavy atom. The third-order valence-electron chi connectivity index (χ3n) is 6.11. The Kier molecular flexibility index (Phi) is 7.79. The number of carbonyl (C=O) groups excluding carboxylic acids is 1. The number of benzene rings is 2. The lowest BCUT2D eigenvalue weighted by atomic mass is 9.96. The fraction of sp³-hybridized carbons (Fsp3) is 0.111. The van der Waals surface area contributed by atoms with Crippen LogP contribution in [0.5, 0.6) is 17.2 Å². The van der Waals surface area contributed by atoms with Gasteiger partial charge in [0.05, 0.1) is 37.7 Å². The zero-order valence-electron chi connectivity index (χ0n) is 21.7. The summed E-state index contributed by atoms with van der Waals surface area (Å²) in [5.41, 5.74) is 15.1. The van der Waals surface area contributed by atoms with Crippen molar-refractivity contribution in [3.05, 3.63) is 56.2 Å². The lowest BCUT2D eigenvalue weighted by Gasteiger charge is -2.16. The molecule has 14 heteroatoms. The Morgan fingerprint density at radius 3 is 2.37 bits per heavy atom. The smallest absolute Gasteiger partial charge is 0.269 e. The number of hydrogen-bond donors (Lipinski definition) is 3. The zero-order valence-corrected chi connectivity index (χ0v) is 24.8. The fourth-order valence-electron chi connectivity index (χ4n) is 4.27. The molecule has 1 amide bonds. The summed E-state index contributed by atoms with van der Waals surface area (Å²) < 4.78 is 16.4. The maximum absolute atomic E-state index is 13.4. The van der Waals surface area contributed by atoms with E-state index in [1.54, 1.807) is 35.7 Å². The van der Waals surface area contributed by atoms with Crippen LogP contribution in [0.3, 0.4) is 0 Å². The van der Waals surface area contributed by atoms with Gasteiger partial charge in [0.25, 0.3) is 5.91 Å². The lowest BCUT2D eigenvalue weighted by Crippen LogP contribution is -2.11. The number of nitriles is 1. The number of aromatic nitrogens is 2. The molecule has 41 heavy (non-hydrogen) atoms. The molecule has 3 heterocycles. The molecule has 0 aliphatic heterocycles. The van der Waals surface area contributed by atoms with Crippen molar-refractivity contribution in [2.24, 2.45) is 0 Å². The molecule has 0 spiro atoms. The number of anilines is 3. The molecule has 5 N–H and O–H groups in total. The number of halogens is 2. The Morgan fingerprint density at radius 1 is 1.05 bits per heavy atom. The van der Waals surface area contributed by atoms with Crippen LogP contribution in [-0.2, 0) is 0 Å². The molecule has 0 aliphatic carbocycles. The normalized spacial score (nSPS) is 10.8. The minimum Gasteiger partial charge on any atom is -0.493 e. The molecule has 0 bridgehead atoms. The van der Waals surface area contributed by atoms with Gasteiger partial charge in [-0.2, -0.15) is 5.26 Å². The van der Waals surface area contributed by atoms with E-state index in [1.807, 2.05) is 0 Å². The van der Waals surface area contributed by atoms with Gasteiger partial charge in [-0.3, -0.25) is 10.1 Å². The molecule has 0 aliphatic rings. The van der Waals surface area contributed by atoms with Crippen molar-refractivity contribution in [1.82, 2.24) is 9.97 Å². The van der Waals surface area contributed by atoms with Crippen molar-refractivity contribution in [2.75, 3.05) is 38.1 Å². The van der Waals surface area contributed by atoms with Crippen LogP contribution < -0.4 is 31.0 Å². The van der Waals surface area contributed by atoms with E-state index in [0.29, 0.717) is 65.0 Å². The number of methoxy groups -OCH3 is 3. The average molecular weight is 628 g/mol. The summed E-state index contributed by atoms with van der Waals surface area (Å²) in [6.45, 7) is 0. The van der Waals surface area contributed by atoms with E-state index in [9.17, 15) is 10.1 Å². The Balaban J connectivity index is 1.60. The molecule has 5 rings (SSSR count). The summed E-state index contributed by atoms with van der Waals surface area (Å²) in [7, 11) is 4.45. The maximum Gasteiger partial charge on any atom is 0.269 e. The molecular formula is C27H20Cl2N6O4S2. The Hall–Kier alpha value is -4.28. The first kappa shape index (κ1) is 28.3. The predicted octanol–water partition coefficient (Wildman–Crippen LogP) is 6.71. The molecule has 3 aromatic heterocycles. The highest BCUT2D eigenvalue weighted by Gasteiger charge is 2.26. The van der Waals surface area contributed by atoms with E-state index in [2.05, 4.69) is 21.4 Å². The molecule has 0 fully saturated rings. The first-order chi connectivity index (χ1) is 19.7. The topological polar surface area (TPSA) is 158 Å². The molecule has 0 saturated carbocycles. The summed E-state index contributed by atoms with van der Waals surface area (Å²) in [4.78, 5) is 22.8. The molecule has 0 radical (unpaired) electrons. The number of nitrogens with zero attached hydrogens (tertiary/aromatic N) is 3. The van der Waals surface area contributed by atoms with Crippen LogP contribution in [0.15, 0.2) is 35.7 Å². The number of thiophene rings is 1. The molecule has 10 nitrogen and oxygen atoms in total. The van der Waals surface area contributed by atoms with Gasteiger partial charge in [0.15, 0.2) is 16.6 Å². The second-order valence-electron chi connectivity index (χ2n) is 8.41. The van der Waals surface area contributed by atoms with E-state index >= 15 is 0 Å². The number of nitrogens with two attached hydrogens (primary N) is 2. The predicted molar refractivity (Wildman–Crippen MR) is 164 cm³/mol. The lowest BCUT2D eigenvalue weighted by molar-refractivity contribution is 0.103. The van der Waals surface area contributed by atoms with Gasteiger partial charge in [0.2, 0.25) is 5.75 Å². The minimum absolute atomic E-state index is 0.0126. The van der Waals surface area contributed by atoms with Gasteiger partial charge in [-0.1, -0.05) is 23.2 Å². The molecule has 2 aromatic carbocycles. The van der Waals surface area contributed by atoms with Gasteiger partial charge in [-0.15, -0.1) is 22.7 Å². The Labute approximate surface area is 252 Å². The molecular weight excluding hydrogens is 607 g/mol. The molecule has 208 valence electrons. The molecule has 0 atom stereocenters. The second-order valence-corrected chi connectivity index (χ2v) is 11.1. The van der Waals surface area contributed by atoms with E-state index in [0.717, 1.165) is 11.3 Å². The highest BCUT2D eigenvalue weighted by Crippen LogP contribution is 2.47. The van der Waals surface area contributed by atoms with Crippen LogP contribution >= 0.6 is 45.9 Å². The SMILES string of the molecule is COc1cc(-c2c(C#N)c(N)nc3sc(C(=O)Nc4nc(-c5ccc(Cl)cc5Cl)cs4)c(N)c23)cc(OC)c1OC. The molecule has 0 saturated heterocycles. The second kappa shape index (κ2) is 11.3. The quantitative estimate of drug-likeness (QED) is 0.178. The van der Waals surface area contributed by atoms with Crippen molar-refractivity contribution in [1.29, 1.82) is 5.26 Å². The van der Waals surface area contributed by atoms with Crippen LogP contribution in [0.2, 0.25) is 10.0 Å². The first-order valence-electron chi connectivity index (χ1n) is 11.6. The monoisotopic (exact) mass is 626 g/mol. The number of nitrogen functional groups attached to an aromatic ring is 2. The summed E-state index contributed by atoms with van der Waals surface area (Å²) in [5.74, 6) is 0.585. The van der Waals surface area contributed by atoms with Crippen LogP contribution in [0.1, 0.15) is 15.2 Å². The molecule has 5 aromatic rings. The van der Waals surface area contributed by atoms with Crippen LogP contribution in [0, 0.1) is 11.3 Å². The number of ether oxygens (including phenoxy) is 3. The van der Waals surface area contributed by atoms with Crippen LogP contribution in [0.4, 0.5) is 16.6 Å². The number of nitrogens with one attached hydrogen (secondary N) is 1. The van der Waals surface area contributed by atoms with Crippen LogP contribution in [-0.4, -0.2) is 37.2 Å². The summed E-state index contributed by atoms with van der Waals surface area (Å²) >= 11 is 14.6. The highest BCUT2D eigenvalue weighted by molar-refractivity contribution is 7.21. The van der Waals surface area contributed by atoms with Gasteiger partial charge in [-0.05, 0) is 35.9 Å². The number of fused-ring (bicyclic) bond motifs is 1.